The molecule has 0 aliphatic heterocycles. The van der Waals surface area contributed by atoms with Gasteiger partial charge in [0.1, 0.15) is 5.78 Å². The topological polar surface area (TPSA) is 63.6 Å². The van der Waals surface area contributed by atoms with Crippen LogP contribution in [0.25, 0.3) is 22.4 Å². The molecule has 0 aromatic carbocycles. The highest BCUT2D eigenvalue weighted by molar-refractivity contribution is 5.81. The van der Waals surface area contributed by atoms with Gasteiger partial charge in [-0.1, -0.05) is 0 Å². The zero-order valence-corrected chi connectivity index (χ0v) is 14.1. The lowest BCUT2D eigenvalue weighted by Crippen LogP contribution is -2.12. The largest absolute Gasteiger partial charge is 0.435 e. The normalized spacial score (nSPS) is 16.5. The van der Waals surface area contributed by atoms with Gasteiger partial charge >= 0.3 is 6.18 Å². The average molecular weight is 362 g/mol. The second kappa shape index (κ2) is 5.96. The highest BCUT2D eigenvalue weighted by atomic mass is 19.4. The van der Waals surface area contributed by atoms with Gasteiger partial charge < -0.3 is 4.98 Å². The van der Waals surface area contributed by atoms with Gasteiger partial charge in [-0.3, -0.25) is 9.48 Å². The van der Waals surface area contributed by atoms with E-state index in [9.17, 15) is 18.0 Å². The van der Waals surface area contributed by atoms with Crippen LogP contribution in [0.3, 0.4) is 0 Å². The van der Waals surface area contributed by atoms with Crippen molar-refractivity contribution in [2.45, 2.75) is 37.8 Å². The number of fused-ring (bicyclic) bond motifs is 1. The summed E-state index contributed by atoms with van der Waals surface area (Å²) in [7, 11) is 1.47. The quantitative estimate of drug-likeness (QED) is 0.743. The molecule has 0 atom stereocenters. The minimum Gasteiger partial charge on any atom is -0.357 e. The van der Waals surface area contributed by atoms with Crippen molar-refractivity contribution in [1.82, 2.24) is 19.7 Å². The molecular weight excluding hydrogens is 345 g/mol. The fourth-order valence-electron chi connectivity index (χ4n) is 3.49. The molecule has 0 bridgehead atoms. The molecule has 1 fully saturated rings. The van der Waals surface area contributed by atoms with E-state index in [0.717, 1.165) is 30.1 Å². The Hall–Kier alpha value is -2.64. The van der Waals surface area contributed by atoms with Crippen LogP contribution in [-0.2, 0) is 18.0 Å². The number of pyridine rings is 1. The van der Waals surface area contributed by atoms with Crippen molar-refractivity contribution in [2.24, 2.45) is 7.05 Å². The zero-order chi connectivity index (χ0) is 18.5. The summed E-state index contributed by atoms with van der Waals surface area (Å²) in [5.74, 6) is 0.591. The first kappa shape index (κ1) is 16.8. The second-order valence-electron chi connectivity index (χ2n) is 6.70. The highest BCUT2D eigenvalue weighted by Crippen LogP contribution is 2.34. The lowest BCUT2D eigenvalue weighted by molar-refractivity contribution is -0.141. The van der Waals surface area contributed by atoms with Gasteiger partial charge in [0, 0.05) is 25.6 Å². The lowest BCUT2D eigenvalue weighted by Gasteiger charge is -2.19. The summed E-state index contributed by atoms with van der Waals surface area (Å²) in [6.45, 7) is 0. The van der Waals surface area contributed by atoms with Crippen LogP contribution in [-0.4, -0.2) is 25.5 Å². The van der Waals surface area contributed by atoms with Crippen LogP contribution in [0.5, 0.6) is 0 Å². The fraction of sp³-hybridized carbons (Fsp3) is 0.389. The number of aryl methyl sites for hydroxylation is 1. The van der Waals surface area contributed by atoms with Crippen LogP contribution >= 0.6 is 0 Å². The van der Waals surface area contributed by atoms with E-state index in [-0.39, 0.29) is 0 Å². The maximum absolute atomic E-state index is 12.9. The molecule has 1 aliphatic carbocycles. The number of ketones is 1. The van der Waals surface area contributed by atoms with Gasteiger partial charge in [0.2, 0.25) is 0 Å². The number of hydrogen-bond acceptors (Lipinski definition) is 3. The van der Waals surface area contributed by atoms with Gasteiger partial charge in [0.05, 0.1) is 22.4 Å². The highest BCUT2D eigenvalue weighted by Gasteiger charge is 2.34. The molecule has 1 saturated carbocycles. The Morgan fingerprint density at radius 1 is 1.19 bits per heavy atom. The Balaban J connectivity index is 1.68. The third-order valence-electron chi connectivity index (χ3n) is 4.91. The molecule has 4 rings (SSSR count). The molecule has 0 unspecified atom stereocenters. The summed E-state index contributed by atoms with van der Waals surface area (Å²) in [6, 6.07) is 6.44. The van der Waals surface area contributed by atoms with E-state index >= 15 is 0 Å². The molecule has 1 aliphatic rings. The summed E-state index contributed by atoms with van der Waals surface area (Å²) in [5.41, 5.74) is 2.37. The van der Waals surface area contributed by atoms with Gasteiger partial charge in [-0.25, -0.2) is 4.98 Å². The Bertz CT molecular complexity index is 976. The maximum atomic E-state index is 12.9. The SMILES string of the molecule is Cn1nc(C(F)(F)F)cc1-c1ccc2[nH]c(C3CCC(=O)CC3)cc2n1. The Labute approximate surface area is 147 Å². The van der Waals surface area contributed by atoms with Crippen LogP contribution in [0.2, 0.25) is 0 Å². The molecule has 8 heteroatoms. The molecular formula is C18H17F3N4O. The van der Waals surface area contributed by atoms with Crippen molar-refractivity contribution in [3.63, 3.8) is 0 Å². The van der Waals surface area contributed by atoms with Gasteiger partial charge in [0.15, 0.2) is 5.69 Å². The summed E-state index contributed by atoms with van der Waals surface area (Å²) >= 11 is 0. The zero-order valence-electron chi connectivity index (χ0n) is 14.1. The number of nitrogens with zero attached hydrogens (tertiary/aromatic N) is 3. The number of nitrogens with one attached hydrogen (secondary N) is 1. The molecule has 3 aromatic rings. The Morgan fingerprint density at radius 2 is 1.92 bits per heavy atom. The van der Waals surface area contributed by atoms with Gasteiger partial charge in [0.25, 0.3) is 0 Å². The number of Topliss-reactive ketones (excluding diaryl/α,β-unsaturated/α-hetero) is 1. The number of halogens is 3. The van der Waals surface area contributed by atoms with Crippen LogP contribution < -0.4 is 0 Å². The minimum absolute atomic E-state index is 0.291. The third kappa shape index (κ3) is 3.00. The smallest absolute Gasteiger partial charge is 0.357 e. The van der Waals surface area contributed by atoms with E-state index in [0.29, 0.717) is 41.4 Å². The first-order chi connectivity index (χ1) is 12.3. The van der Waals surface area contributed by atoms with Gasteiger partial charge in [-0.15, -0.1) is 0 Å². The van der Waals surface area contributed by atoms with Gasteiger partial charge in [-0.05, 0) is 43.0 Å². The predicted octanol–water partition coefficient (Wildman–Crippen LogP) is 4.21. The number of alkyl halides is 3. The Morgan fingerprint density at radius 3 is 2.58 bits per heavy atom. The van der Waals surface area contributed by atoms with Crippen LogP contribution in [0, 0.1) is 0 Å². The number of carbonyl (C=O) groups excluding carboxylic acids is 1. The summed E-state index contributed by atoms with van der Waals surface area (Å²) in [4.78, 5) is 19.2. The minimum atomic E-state index is -4.49. The molecule has 5 nitrogen and oxygen atoms in total. The molecule has 3 aromatic heterocycles. The number of rotatable bonds is 2. The summed E-state index contributed by atoms with van der Waals surface area (Å²) < 4.78 is 39.8. The second-order valence-corrected chi connectivity index (χ2v) is 6.70. The van der Waals surface area contributed by atoms with E-state index in [4.69, 9.17) is 0 Å². The van der Waals surface area contributed by atoms with E-state index in [2.05, 4.69) is 15.1 Å². The fourth-order valence-corrected chi connectivity index (χ4v) is 3.49. The number of aromatic nitrogens is 4. The van der Waals surface area contributed by atoms with Crippen molar-refractivity contribution < 1.29 is 18.0 Å². The van der Waals surface area contributed by atoms with Crippen LogP contribution in [0.4, 0.5) is 13.2 Å². The predicted molar refractivity (Wildman–Crippen MR) is 89.5 cm³/mol. The molecule has 1 N–H and O–H groups in total. The van der Waals surface area contributed by atoms with Crippen LogP contribution in [0.1, 0.15) is 43.0 Å². The van der Waals surface area contributed by atoms with Crippen molar-refractivity contribution >= 4 is 16.8 Å². The van der Waals surface area contributed by atoms with Gasteiger partial charge in [-0.2, -0.15) is 18.3 Å². The monoisotopic (exact) mass is 362 g/mol. The number of aromatic amines is 1. The number of hydrogen-bond donors (Lipinski definition) is 1. The van der Waals surface area contributed by atoms with E-state index in [1.165, 1.54) is 11.7 Å². The van der Waals surface area contributed by atoms with Crippen molar-refractivity contribution in [1.29, 1.82) is 0 Å². The average Bonchev–Trinajstić information content (AvgIpc) is 3.18. The Kier molecular flexibility index (Phi) is 3.86. The molecule has 3 heterocycles. The third-order valence-corrected chi connectivity index (χ3v) is 4.91. The molecule has 0 radical (unpaired) electrons. The molecule has 26 heavy (non-hydrogen) atoms. The van der Waals surface area contributed by atoms with Crippen molar-refractivity contribution in [2.75, 3.05) is 0 Å². The van der Waals surface area contributed by atoms with Crippen LogP contribution in [0.15, 0.2) is 24.3 Å². The van der Waals surface area contributed by atoms with E-state index in [1.807, 2.05) is 12.1 Å². The number of carbonyl (C=O) groups is 1. The van der Waals surface area contributed by atoms with Crippen molar-refractivity contribution in [3.8, 4) is 11.4 Å². The summed E-state index contributed by atoms with van der Waals surface area (Å²) in [5, 5.41) is 3.54. The molecule has 0 spiro atoms. The maximum Gasteiger partial charge on any atom is 0.435 e. The lowest BCUT2D eigenvalue weighted by atomic mass is 9.86. The van der Waals surface area contributed by atoms with Crippen molar-refractivity contribution in [3.05, 3.63) is 35.7 Å². The van der Waals surface area contributed by atoms with E-state index < -0.39 is 11.9 Å². The first-order valence-corrected chi connectivity index (χ1v) is 8.44. The number of H-pyrrole nitrogens is 1. The molecule has 0 saturated heterocycles. The first-order valence-electron chi connectivity index (χ1n) is 8.44. The summed E-state index contributed by atoms with van der Waals surface area (Å²) in [6.07, 6.45) is -1.67. The molecule has 136 valence electrons. The van der Waals surface area contributed by atoms with E-state index in [1.54, 1.807) is 6.07 Å². The molecule has 0 amide bonds. The standard InChI is InChI=1S/C18H17F3N4O/c1-25-16(9-17(24-25)18(19,20)21)13-7-6-12-15(23-13)8-14(22-12)10-2-4-11(26)5-3-10/h6-10,22H,2-5H2,1H3.